The van der Waals surface area contributed by atoms with Gasteiger partial charge in [0.15, 0.2) is 22.5 Å². The number of methoxy groups -OCH3 is 2. The highest BCUT2D eigenvalue weighted by atomic mass is 32.2. The standard InChI is InChI=1S/C19H18F3N3O2S/c1-25-17(13-7-8-15(26-2)16(10-13)27-3)23-24-18(25)28-11-12-5-4-6-14(9-12)19(20,21)22/h4-10H,11H2,1-3H3. The molecule has 9 heteroatoms. The maximum Gasteiger partial charge on any atom is 0.416 e. The van der Waals surface area contributed by atoms with E-state index in [-0.39, 0.29) is 0 Å². The average molecular weight is 409 g/mol. The molecule has 148 valence electrons. The first-order chi connectivity index (χ1) is 13.3. The van der Waals surface area contributed by atoms with Gasteiger partial charge in [0.25, 0.3) is 0 Å². The van der Waals surface area contributed by atoms with E-state index in [0.717, 1.165) is 17.7 Å². The van der Waals surface area contributed by atoms with Gasteiger partial charge in [-0.15, -0.1) is 10.2 Å². The lowest BCUT2D eigenvalue weighted by Gasteiger charge is -2.10. The number of benzene rings is 2. The summed E-state index contributed by atoms with van der Waals surface area (Å²) in [4.78, 5) is 0. The molecule has 0 atom stereocenters. The summed E-state index contributed by atoms with van der Waals surface area (Å²) in [5.41, 5.74) is 0.698. The summed E-state index contributed by atoms with van der Waals surface area (Å²) in [5.74, 6) is 2.14. The van der Waals surface area contributed by atoms with E-state index < -0.39 is 11.7 Å². The largest absolute Gasteiger partial charge is 0.493 e. The Labute approximate surface area is 164 Å². The lowest BCUT2D eigenvalue weighted by molar-refractivity contribution is -0.137. The molecule has 0 aliphatic heterocycles. The molecule has 3 aromatic rings. The van der Waals surface area contributed by atoms with Crippen molar-refractivity contribution in [1.82, 2.24) is 14.8 Å². The zero-order chi connectivity index (χ0) is 20.3. The summed E-state index contributed by atoms with van der Waals surface area (Å²) in [6, 6.07) is 10.7. The lowest BCUT2D eigenvalue weighted by Crippen LogP contribution is -2.05. The number of nitrogens with zero attached hydrogens (tertiary/aromatic N) is 3. The Bertz CT molecular complexity index is 973. The first-order valence-corrected chi connectivity index (χ1v) is 9.22. The molecular weight excluding hydrogens is 391 g/mol. The number of thioether (sulfide) groups is 1. The molecule has 0 spiro atoms. The van der Waals surface area contributed by atoms with Gasteiger partial charge < -0.3 is 14.0 Å². The van der Waals surface area contributed by atoms with Crippen molar-refractivity contribution in [2.75, 3.05) is 14.2 Å². The summed E-state index contributed by atoms with van der Waals surface area (Å²) < 4.78 is 50.9. The predicted molar refractivity (Wildman–Crippen MR) is 101 cm³/mol. The monoisotopic (exact) mass is 409 g/mol. The molecule has 28 heavy (non-hydrogen) atoms. The Kier molecular flexibility index (Phi) is 5.83. The fraction of sp³-hybridized carbons (Fsp3) is 0.263. The highest BCUT2D eigenvalue weighted by Gasteiger charge is 2.30. The number of hydrogen-bond acceptors (Lipinski definition) is 5. The highest BCUT2D eigenvalue weighted by Crippen LogP contribution is 2.34. The molecule has 1 aromatic heterocycles. The van der Waals surface area contributed by atoms with E-state index in [1.807, 2.05) is 6.07 Å². The topological polar surface area (TPSA) is 49.2 Å². The smallest absolute Gasteiger partial charge is 0.416 e. The Morgan fingerprint density at radius 1 is 1.00 bits per heavy atom. The molecule has 5 nitrogen and oxygen atoms in total. The lowest BCUT2D eigenvalue weighted by atomic mass is 10.1. The fourth-order valence-electron chi connectivity index (χ4n) is 2.65. The molecule has 0 saturated heterocycles. The number of aromatic nitrogens is 3. The van der Waals surface area contributed by atoms with Crippen LogP contribution in [0.4, 0.5) is 13.2 Å². The summed E-state index contributed by atoms with van der Waals surface area (Å²) in [5, 5.41) is 8.96. The Morgan fingerprint density at radius 3 is 2.43 bits per heavy atom. The van der Waals surface area contributed by atoms with E-state index in [2.05, 4.69) is 10.2 Å². The highest BCUT2D eigenvalue weighted by molar-refractivity contribution is 7.98. The van der Waals surface area contributed by atoms with E-state index >= 15 is 0 Å². The second-order valence-electron chi connectivity index (χ2n) is 5.92. The van der Waals surface area contributed by atoms with Crippen molar-refractivity contribution >= 4 is 11.8 Å². The van der Waals surface area contributed by atoms with E-state index in [1.165, 1.54) is 17.8 Å². The van der Waals surface area contributed by atoms with Crippen LogP contribution in [0.3, 0.4) is 0 Å². The number of halogens is 3. The van der Waals surface area contributed by atoms with Gasteiger partial charge in [-0.05, 0) is 29.8 Å². The van der Waals surface area contributed by atoms with Crippen molar-refractivity contribution in [3.05, 3.63) is 53.6 Å². The molecule has 0 saturated carbocycles. The van der Waals surface area contributed by atoms with Gasteiger partial charge >= 0.3 is 6.18 Å². The van der Waals surface area contributed by atoms with Crippen LogP contribution < -0.4 is 9.47 Å². The van der Waals surface area contributed by atoms with Crippen molar-refractivity contribution in [3.8, 4) is 22.9 Å². The van der Waals surface area contributed by atoms with Crippen molar-refractivity contribution < 1.29 is 22.6 Å². The van der Waals surface area contributed by atoms with E-state index in [4.69, 9.17) is 9.47 Å². The van der Waals surface area contributed by atoms with Gasteiger partial charge in [0, 0.05) is 18.4 Å². The van der Waals surface area contributed by atoms with E-state index in [1.54, 1.807) is 44.0 Å². The minimum Gasteiger partial charge on any atom is -0.493 e. The number of hydrogen-bond donors (Lipinski definition) is 0. The molecule has 0 aliphatic carbocycles. The SMILES string of the molecule is COc1ccc(-c2nnc(SCc3cccc(C(F)(F)F)c3)n2C)cc1OC. The average Bonchev–Trinajstić information content (AvgIpc) is 3.05. The Morgan fingerprint density at radius 2 is 1.75 bits per heavy atom. The molecule has 0 unspecified atom stereocenters. The first-order valence-electron chi connectivity index (χ1n) is 8.24. The third-order valence-corrected chi connectivity index (χ3v) is 5.19. The van der Waals surface area contributed by atoms with Crippen LogP contribution in [-0.2, 0) is 19.0 Å². The third kappa shape index (κ3) is 4.24. The van der Waals surface area contributed by atoms with Gasteiger partial charge in [0.2, 0.25) is 0 Å². The van der Waals surface area contributed by atoms with Crippen LogP contribution in [0.5, 0.6) is 11.5 Å². The second-order valence-corrected chi connectivity index (χ2v) is 6.86. The summed E-state index contributed by atoms with van der Waals surface area (Å²) in [7, 11) is 4.91. The summed E-state index contributed by atoms with van der Waals surface area (Å²) in [6.45, 7) is 0. The molecule has 0 N–H and O–H groups in total. The minimum atomic E-state index is -4.36. The van der Waals surface area contributed by atoms with Gasteiger partial charge in [-0.3, -0.25) is 0 Å². The van der Waals surface area contributed by atoms with Crippen LogP contribution in [0.2, 0.25) is 0 Å². The summed E-state index contributed by atoms with van der Waals surface area (Å²) in [6.07, 6.45) is -4.36. The van der Waals surface area contributed by atoms with Crippen LogP contribution in [-0.4, -0.2) is 29.0 Å². The molecule has 3 rings (SSSR count). The minimum absolute atomic E-state index is 0.349. The van der Waals surface area contributed by atoms with E-state index in [9.17, 15) is 13.2 Å². The van der Waals surface area contributed by atoms with Gasteiger partial charge in [-0.2, -0.15) is 13.2 Å². The zero-order valence-electron chi connectivity index (χ0n) is 15.4. The predicted octanol–water partition coefficient (Wildman–Crippen LogP) is 4.81. The number of rotatable bonds is 6. The molecular formula is C19H18F3N3O2S. The van der Waals surface area contributed by atoms with Crippen LogP contribution in [0, 0.1) is 0 Å². The molecule has 2 aromatic carbocycles. The van der Waals surface area contributed by atoms with Gasteiger partial charge in [-0.1, -0.05) is 30.0 Å². The van der Waals surface area contributed by atoms with Crippen molar-refractivity contribution in [2.45, 2.75) is 17.1 Å². The van der Waals surface area contributed by atoms with Crippen LogP contribution >= 0.6 is 11.8 Å². The molecule has 0 bridgehead atoms. The first kappa shape index (κ1) is 20.1. The quantitative estimate of drug-likeness (QED) is 0.547. The third-order valence-electron chi connectivity index (χ3n) is 4.10. The second kappa shape index (κ2) is 8.14. The maximum atomic E-state index is 12.8. The Hall–Kier alpha value is -2.68. The Balaban J connectivity index is 1.79. The molecule has 0 fully saturated rings. The van der Waals surface area contributed by atoms with Gasteiger partial charge in [0.1, 0.15) is 0 Å². The number of ether oxygens (including phenoxy) is 2. The van der Waals surface area contributed by atoms with Crippen LogP contribution in [0.15, 0.2) is 47.6 Å². The van der Waals surface area contributed by atoms with Crippen LogP contribution in [0.25, 0.3) is 11.4 Å². The molecule has 0 amide bonds. The van der Waals surface area contributed by atoms with Crippen molar-refractivity contribution in [2.24, 2.45) is 7.05 Å². The van der Waals surface area contributed by atoms with Gasteiger partial charge in [0.05, 0.1) is 19.8 Å². The normalized spacial score (nSPS) is 11.5. The van der Waals surface area contributed by atoms with Gasteiger partial charge in [-0.25, -0.2) is 0 Å². The zero-order valence-corrected chi connectivity index (χ0v) is 16.3. The van der Waals surface area contributed by atoms with Crippen molar-refractivity contribution in [3.63, 3.8) is 0 Å². The summed E-state index contributed by atoms with van der Waals surface area (Å²) >= 11 is 1.32. The maximum absolute atomic E-state index is 12.8. The number of alkyl halides is 3. The molecule has 1 heterocycles. The van der Waals surface area contributed by atoms with Crippen molar-refractivity contribution in [1.29, 1.82) is 0 Å². The molecule has 0 aliphatic rings. The van der Waals surface area contributed by atoms with Crippen LogP contribution in [0.1, 0.15) is 11.1 Å². The van der Waals surface area contributed by atoms with E-state index in [0.29, 0.717) is 33.8 Å². The fourth-order valence-corrected chi connectivity index (χ4v) is 3.51. The molecule has 0 radical (unpaired) electrons.